The van der Waals surface area contributed by atoms with Gasteiger partial charge in [0.15, 0.2) is 9.84 Å². The molecule has 1 aliphatic rings. The molecule has 2 amide bonds. The van der Waals surface area contributed by atoms with Gasteiger partial charge in [-0.1, -0.05) is 6.07 Å². The minimum Gasteiger partial charge on any atom is -0.495 e. The van der Waals surface area contributed by atoms with Crippen LogP contribution in [0.5, 0.6) is 5.75 Å². The standard InChI is InChI=1S/C13H18N2O4S/c1-9-3-4-12(19-2)11(7-9)15-13(16)14-10-5-6-20(17,18)8-10/h3-4,7,10H,5-6,8H2,1-2H3,(H2,14,15,16). The SMILES string of the molecule is COc1ccc(C)cc1NC(=O)NC1CCS(=O)(=O)C1. The van der Waals surface area contributed by atoms with E-state index < -0.39 is 15.9 Å². The number of sulfone groups is 1. The Morgan fingerprint density at radius 3 is 2.75 bits per heavy atom. The maximum absolute atomic E-state index is 11.9. The second kappa shape index (κ2) is 5.70. The summed E-state index contributed by atoms with van der Waals surface area (Å²) in [4.78, 5) is 11.9. The summed E-state index contributed by atoms with van der Waals surface area (Å²) in [5, 5.41) is 5.36. The minimum atomic E-state index is -3.00. The van der Waals surface area contributed by atoms with Gasteiger partial charge >= 0.3 is 6.03 Å². The Labute approximate surface area is 118 Å². The van der Waals surface area contributed by atoms with Crippen molar-refractivity contribution < 1.29 is 17.9 Å². The minimum absolute atomic E-state index is 0.00533. The lowest BCUT2D eigenvalue weighted by Crippen LogP contribution is -2.38. The van der Waals surface area contributed by atoms with E-state index in [1.54, 1.807) is 12.1 Å². The van der Waals surface area contributed by atoms with Crippen LogP contribution in [0.2, 0.25) is 0 Å². The monoisotopic (exact) mass is 298 g/mol. The van der Waals surface area contributed by atoms with Crippen molar-refractivity contribution in [1.82, 2.24) is 5.32 Å². The van der Waals surface area contributed by atoms with Crippen molar-refractivity contribution in [2.75, 3.05) is 23.9 Å². The fourth-order valence-electron chi connectivity index (χ4n) is 2.17. The van der Waals surface area contributed by atoms with Crippen molar-refractivity contribution >= 4 is 21.6 Å². The van der Waals surface area contributed by atoms with E-state index in [4.69, 9.17) is 4.74 Å². The van der Waals surface area contributed by atoms with Gasteiger partial charge in [0.25, 0.3) is 0 Å². The van der Waals surface area contributed by atoms with E-state index in [-0.39, 0.29) is 17.5 Å². The number of carbonyl (C=O) groups excluding carboxylic acids is 1. The molecule has 1 aliphatic heterocycles. The number of aryl methyl sites for hydroxylation is 1. The summed E-state index contributed by atoms with van der Waals surface area (Å²) in [5.41, 5.74) is 1.55. The molecule has 6 nitrogen and oxygen atoms in total. The van der Waals surface area contributed by atoms with Crippen LogP contribution in [0.25, 0.3) is 0 Å². The molecular weight excluding hydrogens is 280 g/mol. The number of amides is 2. The molecule has 1 atom stereocenters. The van der Waals surface area contributed by atoms with E-state index in [0.29, 0.717) is 17.9 Å². The number of methoxy groups -OCH3 is 1. The highest BCUT2D eigenvalue weighted by molar-refractivity contribution is 7.91. The largest absolute Gasteiger partial charge is 0.495 e. The van der Waals surface area contributed by atoms with Gasteiger partial charge in [0.2, 0.25) is 0 Å². The second-order valence-electron chi connectivity index (χ2n) is 4.90. The molecule has 2 rings (SSSR count). The van der Waals surface area contributed by atoms with Crippen LogP contribution in [0.15, 0.2) is 18.2 Å². The van der Waals surface area contributed by atoms with Crippen LogP contribution >= 0.6 is 0 Å². The average Bonchev–Trinajstić information content (AvgIpc) is 2.68. The van der Waals surface area contributed by atoms with Crippen molar-refractivity contribution in [3.05, 3.63) is 23.8 Å². The topological polar surface area (TPSA) is 84.5 Å². The van der Waals surface area contributed by atoms with E-state index in [0.717, 1.165) is 5.56 Å². The maximum Gasteiger partial charge on any atom is 0.319 e. The first-order valence-electron chi connectivity index (χ1n) is 6.32. The van der Waals surface area contributed by atoms with E-state index in [2.05, 4.69) is 10.6 Å². The molecule has 110 valence electrons. The first kappa shape index (κ1) is 14.6. The molecule has 0 aliphatic carbocycles. The lowest BCUT2D eigenvalue weighted by molar-refractivity contribution is 0.249. The Hall–Kier alpha value is -1.76. The summed E-state index contributed by atoms with van der Waals surface area (Å²) >= 11 is 0. The molecule has 20 heavy (non-hydrogen) atoms. The molecule has 1 unspecified atom stereocenters. The predicted molar refractivity (Wildman–Crippen MR) is 76.9 cm³/mol. The summed E-state index contributed by atoms with van der Waals surface area (Å²) in [6.45, 7) is 1.91. The molecule has 0 bridgehead atoms. The number of anilines is 1. The van der Waals surface area contributed by atoms with Crippen LogP contribution < -0.4 is 15.4 Å². The molecule has 0 radical (unpaired) electrons. The van der Waals surface area contributed by atoms with Gasteiger partial charge in [-0.25, -0.2) is 13.2 Å². The van der Waals surface area contributed by atoms with E-state index in [9.17, 15) is 13.2 Å². The summed E-state index contributed by atoms with van der Waals surface area (Å²) < 4.78 is 27.8. The van der Waals surface area contributed by atoms with Gasteiger partial charge in [0.05, 0.1) is 24.3 Å². The van der Waals surface area contributed by atoms with Gasteiger partial charge < -0.3 is 15.4 Å². The maximum atomic E-state index is 11.9. The fourth-order valence-corrected chi connectivity index (χ4v) is 3.85. The van der Waals surface area contributed by atoms with Crippen LogP contribution in [0, 0.1) is 6.92 Å². The first-order valence-corrected chi connectivity index (χ1v) is 8.14. The fraction of sp³-hybridized carbons (Fsp3) is 0.462. The lowest BCUT2D eigenvalue weighted by Gasteiger charge is -2.14. The number of hydrogen-bond donors (Lipinski definition) is 2. The summed E-state index contributed by atoms with van der Waals surface area (Å²) in [5.74, 6) is 0.696. The summed E-state index contributed by atoms with van der Waals surface area (Å²) in [6.07, 6.45) is 0.459. The number of hydrogen-bond acceptors (Lipinski definition) is 4. The number of rotatable bonds is 3. The van der Waals surface area contributed by atoms with Crippen molar-refractivity contribution in [2.45, 2.75) is 19.4 Å². The number of carbonyl (C=O) groups is 1. The van der Waals surface area contributed by atoms with E-state index in [1.807, 2.05) is 13.0 Å². The summed E-state index contributed by atoms with van der Waals surface area (Å²) in [6, 6.07) is 4.70. The molecular formula is C13H18N2O4S. The molecule has 0 aromatic heterocycles. The highest BCUT2D eigenvalue weighted by atomic mass is 32.2. The van der Waals surface area contributed by atoms with Crippen molar-refractivity contribution in [3.8, 4) is 5.75 Å². The van der Waals surface area contributed by atoms with Crippen LogP contribution in [0.4, 0.5) is 10.5 Å². The zero-order chi connectivity index (χ0) is 14.8. The molecule has 1 aromatic rings. The zero-order valence-electron chi connectivity index (χ0n) is 11.5. The van der Waals surface area contributed by atoms with Crippen molar-refractivity contribution in [2.24, 2.45) is 0 Å². The number of nitrogens with one attached hydrogen (secondary N) is 2. The van der Waals surface area contributed by atoms with Crippen LogP contribution in [0.1, 0.15) is 12.0 Å². The molecule has 0 saturated carbocycles. The predicted octanol–water partition coefficient (Wildman–Crippen LogP) is 1.31. The molecule has 1 aromatic carbocycles. The molecule has 1 heterocycles. The zero-order valence-corrected chi connectivity index (χ0v) is 12.3. The van der Waals surface area contributed by atoms with E-state index in [1.165, 1.54) is 7.11 Å². The normalized spacial score (nSPS) is 20.4. The Balaban J connectivity index is 2.00. The third-order valence-corrected chi connectivity index (χ3v) is 4.94. The molecule has 2 N–H and O–H groups in total. The smallest absolute Gasteiger partial charge is 0.319 e. The Kier molecular flexibility index (Phi) is 4.17. The quantitative estimate of drug-likeness (QED) is 0.881. The van der Waals surface area contributed by atoms with Gasteiger partial charge in [-0.2, -0.15) is 0 Å². The molecule has 7 heteroatoms. The number of ether oxygens (including phenoxy) is 1. The Bertz CT molecular complexity index is 613. The van der Waals surface area contributed by atoms with Crippen molar-refractivity contribution in [1.29, 1.82) is 0 Å². The van der Waals surface area contributed by atoms with Crippen LogP contribution in [0.3, 0.4) is 0 Å². The Morgan fingerprint density at radius 1 is 1.40 bits per heavy atom. The van der Waals surface area contributed by atoms with Crippen LogP contribution in [-0.2, 0) is 9.84 Å². The number of urea groups is 1. The second-order valence-corrected chi connectivity index (χ2v) is 7.13. The van der Waals surface area contributed by atoms with Gasteiger partial charge in [0.1, 0.15) is 5.75 Å². The average molecular weight is 298 g/mol. The molecule has 1 saturated heterocycles. The van der Waals surface area contributed by atoms with Gasteiger partial charge in [-0.15, -0.1) is 0 Å². The van der Waals surface area contributed by atoms with Gasteiger partial charge in [0, 0.05) is 6.04 Å². The third-order valence-electron chi connectivity index (χ3n) is 3.17. The Morgan fingerprint density at radius 2 is 2.15 bits per heavy atom. The highest BCUT2D eigenvalue weighted by Gasteiger charge is 2.29. The van der Waals surface area contributed by atoms with E-state index >= 15 is 0 Å². The van der Waals surface area contributed by atoms with Gasteiger partial charge in [-0.3, -0.25) is 0 Å². The highest BCUT2D eigenvalue weighted by Crippen LogP contribution is 2.25. The van der Waals surface area contributed by atoms with Crippen molar-refractivity contribution in [3.63, 3.8) is 0 Å². The molecule has 0 spiro atoms. The summed E-state index contributed by atoms with van der Waals surface area (Å²) in [7, 11) is -1.48. The number of benzene rings is 1. The third kappa shape index (κ3) is 3.63. The lowest BCUT2D eigenvalue weighted by atomic mass is 10.2. The van der Waals surface area contributed by atoms with Gasteiger partial charge in [-0.05, 0) is 31.0 Å². The first-order chi connectivity index (χ1) is 9.39. The van der Waals surface area contributed by atoms with Crippen LogP contribution in [-0.4, -0.2) is 39.1 Å². The molecule has 1 fully saturated rings.